The van der Waals surface area contributed by atoms with Gasteiger partial charge >= 0.3 is 5.97 Å². The minimum absolute atomic E-state index is 0.335. The zero-order valence-electron chi connectivity index (χ0n) is 13.2. The number of benzene rings is 1. The summed E-state index contributed by atoms with van der Waals surface area (Å²) in [5, 5.41) is 3.80. The molecule has 1 fully saturated rings. The molecule has 1 aliphatic carbocycles. The van der Waals surface area contributed by atoms with Gasteiger partial charge < -0.3 is 4.74 Å². The van der Waals surface area contributed by atoms with Gasteiger partial charge in [0.2, 0.25) is 0 Å². The number of ether oxygens (including phenoxy) is 1. The lowest BCUT2D eigenvalue weighted by atomic mass is 10.0. The first-order valence-corrected chi connectivity index (χ1v) is 8.93. The van der Waals surface area contributed by atoms with E-state index in [-0.39, 0.29) is 5.97 Å². The van der Waals surface area contributed by atoms with E-state index >= 15 is 0 Å². The van der Waals surface area contributed by atoms with Gasteiger partial charge in [-0.15, -0.1) is 11.3 Å². The Balaban J connectivity index is 1.66. The highest BCUT2D eigenvalue weighted by Gasteiger charge is 2.43. The van der Waals surface area contributed by atoms with Crippen LogP contribution in [0.5, 0.6) is 0 Å². The van der Waals surface area contributed by atoms with Crippen LogP contribution in [0.2, 0.25) is 5.02 Å². The normalized spacial score (nSPS) is 19.5. The molecule has 0 saturated heterocycles. The number of fused-ring (bicyclic) bond motifs is 1. The molecule has 1 saturated carbocycles. The van der Waals surface area contributed by atoms with Crippen molar-refractivity contribution in [1.82, 2.24) is 9.97 Å². The van der Waals surface area contributed by atoms with Crippen LogP contribution in [0, 0.1) is 6.92 Å². The molecule has 0 radical (unpaired) electrons. The Bertz CT molecular complexity index is 953. The smallest absolute Gasteiger partial charge is 0.337 e. The third kappa shape index (κ3) is 2.58. The number of hydrogen-bond acceptors (Lipinski definition) is 5. The highest BCUT2D eigenvalue weighted by atomic mass is 35.5. The van der Waals surface area contributed by atoms with Gasteiger partial charge in [-0.2, -0.15) is 0 Å². The van der Waals surface area contributed by atoms with E-state index in [0.29, 0.717) is 22.4 Å². The van der Waals surface area contributed by atoms with Gasteiger partial charge in [0.25, 0.3) is 0 Å². The summed E-state index contributed by atoms with van der Waals surface area (Å²) < 4.78 is 4.74. The number of aromatic nitrogens is 2. The maximum atomic E-state index is 11.6. The monoisotopic (exact) mass is 358 g/mol. The van der Waals surface area contributed by atoms with Crippen LogP contribution in [-0.2, 0) is 4.74 Å². The summed E-state index contributed by atoms with van der Waals surface area (Å²) in [6.45, 7) is 1.93. The molecule has 3 aromatic rings. The third-order valence-electron chi connectivity index (χ3n) is 4.43. The lowest BCUT2D eigenvalue weighted by Crippen LogP contribution is -2.01. The minimum atomic E-state index is -0.373. The van der Waals surface area contributed by atoms with Crippen LogP contribution in [0.15, 0.2) is 29.6 Å². The second kappa shape index (κ2) is 5.83. The number of carbonyl (C=O) groups excluding carboxylic acids is 1. The van der Waals surface area contributed by atoms with Gasteiger partial charge in [0.1, 0.15) is 10.7 Å². The fraction of sp³-hybridized carbons (Fsp3) is 0.278. The van der Waals surface area contributed by atoms with Crippen molar-refractivity contribution in [3.8, 4) is 0 Å². The van der Waals surface area contributed by atoms with Gasteiger partial charge in [0.05, 0.1) is 18.4 Å². The minimum Gasteiger partial charge on any atom is -0.465 e. The van der Waals surface area contributed by atoms with Crippen molar-refractivity contribution >= 4 is 39.1 Å². The number of esters is 1. The van der Waals surface area contributed by atoms with Crippen molar-refractivity contribution in [2.75, 3.05) is 7.11 Å². The highest BCUT2D eigenvalue weighted by molar-refractivity contribution is 7.16. The van der Waals surface area contributed by atoms with Crippen molar-refractivity contribution in [3.63, 3.8) is 0 Å². The van der Waals surface area contributed by atoms with Crippen molar-refractivity contribution in [3.05, 3.63) is 57.3 Å². The second-order valence-corrected chi connectivity index (χ2v) is 7.27. The van der Waals surface area contributed by atoms with Gasteiger partial charge in [-0.25, -0.2) is 14.8 Å². The van der Waals surface area contributed by atoms with Crippen LogP contribution in [0.25, 0.3) is 10.2 Å². The fourth-order valence-electron chi connectivity index (χ4n) is 3.19. The molecule has 1 aliphatic rings. The molecule has 6 heteroatoms. The average Bonchev–Trinajstić information content (AvgIpc) is 3.22. The van der Waals surface area contributed by atoms with E-state index in [9.17, 15) is 4.79 Å². The number of halogens is 1. The molecule has 2 unspecified atom stereocenters. The van der Waals surface area contributed by atoms with Crippen LogP contribution in [0.4, 0.5) is 0 Å². The molecular weight excluding hydrogens is 344 g/mol. The van der Waals surface area contributed by atoms with Crippen molar-refractivity contribution in [1.29, 1.82) is 0 Å². The van der Waals surface area contributed by atoms with E-state index < -0.39 is 0 Å². The summed E-state index contributed by atoms with van der Waals surface area (Å²) in [6.07, 6.45) is 1.01. The number of rotatable bonds is 3. The van der Waals surface area contributed by atoms with Crippen LogP contribution in [0.1, 0.15) is 45.7 Å². The number of carbonyl (C=O) groups is 1. The van der Waals surface area contributed by atoms with Gasteiger partial charge in [-0.3, -0.25) is 0 Å². The molecule has 4 nitrogen and oxygen atoms in total. The first kappa shape index (κ1) is 15.5. The van der Waals surface area contributed by atoms with E-state index in [1.165, 1.54) is 7.11 Å². The van der Waals surface area contributed by atoms with E-state index in [4.69, 9.17) is 16.3 Å². The second-order valence-electron chi connectivity index (χ2n) is 5.97. The van der Waals surface area contributed by atoms with Crippen LogP contribution >= 0.6 is 22.9 Å². The lowest BCUT2D eigenvalue weighted by Gasteiger charge is -2.07. The zero-order valence-corrected chi connectivity index (χ0v) is 14.8. The molecule has 24 heavy (non-hydrogen) atoms. The number of thiophene rings is 1. The van der Waals surface area contributed by atoms with Crippen molar-refractivity contribution < 1.29 is 9.53 Å². The molecule has 2 atom stereocenters. The molecule has 0 spiro atoms. The molecule has 4 rings (SSSR count). The Hall–Kier alpha value is -1.98. The molecule has 1 aromatic carbocycles. The summed E-state index contributed by atoms with van der Waals surface area (Å²) in [5.41, 5.74) is 2.65. The topological polar surface area (TPSA) is 52.1 Å². The summed E-state index contributed by atoms with van der Waals surface area (Å²) in [7, 11) is 1.37. The molecular formula is C18H15ClN2O2S. The summed E-state index contributed by atoms with van der Waals surface area (Å²) in [6, 6.07) is 7.47. The maximum Gasteiger partial charge on any atom is 0.337 e. The maximum absolute atomic E-state index is 11.6. The predicted molar refractivity (Wildman–Crippen MR) is 95.0 cm³/mol. The SMILES string of the molecule is COC(=O)c1ccc(C2CC2c2nc(C)nc3sccc23)c(Cl)c1. The summed E-state index contributed by atoms with van der Waals surface area (Å²) >= 11 is 8.05. The number of aryl methyl sites for hydroxylation is 1. The largest absolute Gasteiger partial charge is 0.465 e. The Morgan fingerprint density at radius 2 is 2.12 bits per heavy atom. The lowest BCUT2D eigenvalue weighted by molar-refractivity contribution is 0.0600. The Morgan fingerprint density at radius 1 is 1.29 bits per heavy atom. The summed E-state index contributed by atoms with van der Waals surface area (Å²) in [4.78, 5) is 21.8. The van der Waals surface area contributed by atoms with E-state index in [2.05, 4.69) is 21.4 Å². The molecule has 0 amide bonds. The van der Waals surface area contributed by atoms with Crippen LogP contribution < -0.4 is 0 Å². The molecule has 0 aliphatic heterocycles. The standard InChI is InChI=1S/C18H15ClN2O2S/c1-9-20-16(12-5-6-24-17(12)21-9)14-8-13(14)11-4-3-10(7-15(11)19)18(22)23-2/h3-7,13-14H,8H2,1-2H3. The van der Waals surface area contributed by atoms with Crippen molar-refractivity contribution in [2.24, 2.45) is 0 Å². The van der Waals surface area contributed by atoms with Crippen molar-refractivity contribution in [2.45, 2.75) is 25.2 Å². The summed E-state index contributed by atoms with van der Waals surface area (Å²) in [5.74, 6) is 1.12. The molecule has 0 N–H and O–H groups in total. The van der Waals surface area contributed by atoms with Crippen LogP contribution in [-0.4, -0.2) is 23.0 Å². The van der Waals surface area contributed by atoms with E-state index in [0.717, 1.165) is 33.7 Å². The van der Waals surface area contributed by atoms with Gasteiger partial charge in [0.15, 0.2) is 0 Å². The average molecular weight is 359 g/mol. The number of nitrogens with zero attached hydrogens (tertiary/aromatic N) is 2. The zero-order chi connectivity index (χ0) is 16.8. The molecule has 2 aromatic heterocycles. The molecule has 0 bridgehead atoms. The molecule has 2 heterocycles. The van der Waals surface area contributed by atoms with E-state index in [1.807, 2.05) is 13.0 Å². The van der Waals surface area contributed by atoms with E-state index in [1.54, 1.807) is 23.5 Å². The molecule has 122 valence electrons. The highest BCUT2D eigenvalue weighted by Crippen LogP contribution is 2.56. The Morgan fingerprint density at radius 3 is 2.88 bits per heavy atom. The quantitative estimate of drug-likeness (QED) is 0.636. The fourth-order valence-corrected chi connectivity index (χ4v) is 4.32. The van der Waals surface area contributed by atoms with Gasteiger partial charge in [0, 0.05) is 16.3 Å². The van der Waals surface area contributed by atoms with Crippen LogP contribution in [0.3, 0.4) is 0 Å². The number of methoxy groups -OCH3 is 1. The predicted octanol–water partition coefficient (Wildman–Crippen LogP) is 4.71. The van der Waals surface area contributed by atoms with Gasteiger partial charge in [-0.1, -0.05) is 17.7 Å². The van der Waals surface area contributed by atoms with Gasteiger partial charge in [-0.05, 0) is 48.4 Å². The first-order chi connectivity index (χ1) is 11.6. The first-order valence-electron chi connectivity index (χ1n) is 7.68. The third-order valence-corrected chi connectivity index (χ3v) is 5.56. The Kier molecular flexibility index (Phi) is 3.77. The Labute approximate surface area is 148 Å². The number of hydrogen-bond donors (Lipinski definition) is 0.